The van der Waals surface area contributed by atoms with Crippen molar-refractivity contribution in [3.63, 3.8) is 0 Å². The summed E-state index contributed by atoms with van der Waals surface area (Å²) in [5, 5.41) is 16.8. The van der Waals surface area contributed by atoms with E-state index in [1.165, 1.54) is 71.4 Å². The van der Waals surface area contributed by atoms with Crippen LogP contribution in [0.5, 0.6) is 17.5 Å². The van der Waals surface area contributed by atoms with Crippen molar-refractivity contribution in [2.75, 3.05) is 19.5 Å². The summed E-state index contributed by atoms with van der Waals surface area (Å²) in [5.74, 6) is -1.01. The summed E-state index contributed by atoms with van der Waals surface area (Å²) < 4.78 is 98.4. The number of phenols is 1. The maximum atomic E-state index is 14.4. The van der Waals surface area contributed by atoms with E-state index in [1.807, 2.05) is 0 Å². The van der Waals surface area contributed by atoms with E-state index in [1.54, 1.807) is 18.2 Å². The summed E-state index contributed by atoms with van der Waals surface area (Å²) in [6.45, 7) is 14.7. The zero-order valence-electron chi connectivity index (χ0n) is 35.2. The van der Waals surface area contributed by atoms with Gasteiger partial charge in [0, 0.05) is 44.6 Å². The molecule has 1 N–H and O–H groups in total. The van der Waals surface area contributed by atoms with E-state index in [-0.39, 0.29) is 64.8 Å². The third-order valence-corrected chi connectivity index (χ3v) is 13.6. The van der Waals surface area contributed by atoms with Crippen LogP contribution in [0.1, 0.15) is 0 Å². The molecular weight excluding hydrogens is 997 g/mol. The Labute approximate surface area is 377 Å². The number of rotatable bonds is 15. The van der Waals surface area contributed by atoms with Gasteiger partial charge in [-0.2, -0.15) is 14.6 Å². The van der Waals surface area contributed by atoms with Crippen molar-refractivity contribution < 1.29 is 45.3 Å². The zero-order chi connectivity index (χ0) is 45.8. The summed E-state index contributed by atoms with van der Waals surface area (Å²) in [5.41, 5.74) is 0.381. The molecule has 0 aliphatic rings. The van der Waals surface area contributed by atoms with Crippen LogP contribution in [0.15, 0.2) is 99.0 Å². The van der Waals surface area contributed by atoms with Crippen molar-refractivity contribution in [2.45, 2.75) is 70.0 Å². The Morgan fingerprint density at radius 3 is 1.52 bits per heavy atom. The van der Waals surface area contributed by atoms with Crippen molar-refractivity contribution in [3.8, 4) is 40.3 Å². The normalized spacial score (nSPS) is 11.7. The summed E-state index contributed by atoms with van der Waals surface area (Å²) >= 11 is 6.42. The molecule has 21 heteroatoms. The third-order valence-electron chi connectivity index (χ3n) is 8.22. The molecule has 0 spiro atoms. The quantitative estimate of drug-likeness (QED) is 0.0600. The van der Waals surface area contributed by atoms with Gasteiger partial charge in [0.1, 0.15) is 48.2 Å². The van der Waals surface area contributed by atoms with Gasteiger partial charge >= 0.3 is 6.01 Å². The first-order valence-corrected chi connectivity index (χ1v) is 29.9. The molecule has 2 heterocycles. The fourth-order valence-corrected chi connectivity index (χ4v) is 7.76. The Balaban J connectivity index is 0.000000233. The molecule has 0 atom stereocenters. The standard InChI is InChI=1S/C20H22BrF2N3O2Si.C15H21BrFN3O3SSi.C6H5FO/c1-29(2,3)11-10-27-13-26-20(28-16-7-5-15(22)6-8-16)24-19(25-26)17-9-4-14(21)12-18(17)23;1-24(21,22)15-18-14(12-6-5-11(16)9-13(12)17)19-20(15)10-23-7-8-25(2,3)4;7-5-1-3-6(8)4-2-5/h4-9,12H,10-11,13H2,1-3H3;5-6,9H,7-8,10H2,1-4H3;1-4,8H. The molecule has 4 aromatic carbocycles. The number of nitrogens with zero attached hydrogens (tertiary/aromatic N) is 6. The van der Waals surface area contributed by atoms with Crippen LogP contribution in [0.3, 0.4) is 0 Å². The number of halogens is 6. The van der Waals surface area contributed by atoms with Crippen LogP contribution in [0.2, 0.25) is 51.4 Å². The Morgan fingerprint density at radius 1 is 0.645 bits per heavy atom. The number of aromatic hydroxyl groups is 1. The molecule has 0 bridgehead atoms. The highest BCUT2D eigenvalue weighted by Gasteiger charge is 2.23. The van der Waals surface area contributed by atoms with Crippen LogP contribution in [0, 0.1) is 23.3 Å². The van der Waals surface area contributed by atoms with Gasteiger partial charge in [-0.25, -0.2) is 30.7 Å². The van der Waals surface area contributed by atoms with Gasteiger partial charge in [0.2, 0.25) is 15.0 Å². The van der Waals surface area contributed by atoms with Crippen LogP contribution in [0.4, 0.5) is 17.6 Å². The fourth-order valence-electron chi connectivity index (χ4n) is 4.85. The minimum absolute atomic E-state index is 0.0132. The predicted octanol–water partition coefficient (Wildman–Crippen LogP) is 11.2. The topological polar surface area (TPSA) is 143 Å². The highest BCUT2D eigenvalue weighted by molar-refractivity contribution is 9.10. The lowest BCUT2D eigenvalue weighted by atomic mass is 10.2. The van der Waals surface area contributed by atoms with Gasteiger partial charge in [-0.1, -0.05) is 71.1 Å². The van der Waals surface area contributed by atoms with Crippen molar-refractivity contribution in [2.24, 2.45) is 0 Å². The first-order chi connectivity index (χ1) is 29.0. The monoisotopic (exact) mass is 1040 g/mol. The highest BCUT2D eigenvalue weighted by Crippen LogP contribution is 2.28. The molecule has 0 amide bonds. The minimum Gasteiger partial charge on any atom is -0.508 e. The lowest BCUT2D eigenvalue weighted by molar-refractivity contribution is 0.0715. The van der Waals surface area contributed by atoms with Crippen molar-refractivity contribution in [1.29, 1.82) is 0 Å². The molecular formula is C41H48Br2F4N6O6SSi2. The van der Waals surface area contributed by atoms with E-state index in [2.05, 4.69) is 91.3 Å². The Bertz CT molecular complexity index is 2480. The van der Waals surface area contributed by atoms with E-state index in [0.29, 0.717) is 27.9 Å². The average Bonchev–Trinajstić information content (AvgIpc) is 3.78. The first-order valence-electron chi connectivity index (χ1n) is 19.0. The molecule has 0 radical (unpaired) electrons. The van der Waals surface area contributed by atoms with Crippen LogP contribution in [-0.2, 0) is 32.8 Å². The molecule has 0 aliphatic heterocycles. The van der Waals surface area contributed by atoms with Crippen molar-refractivity contribution >= 4 is 57.8 Å². The molecule has 6 aromatic rings. The number of ether oxygens (including phenoxy) is 3. The van der Waals surface area contributed by atoms with Gasteiger partial charge < -0.3 is 19.3 Å². The average molecular weight is 1040 g/mol. The maximum absolute atomic E-state index is 14.4. The predicted molar refractivity (Wildman–Crippen MR) is 242 cm³/mol. The van der Waals surface area contributed by atoms with Gasteiger partial charge in [-0.3, -0.25) is 0 Å². The number of benzene rings is 4. The van der Waals surface area contributed by atoms with E-state index < -0.39 is 37.6 Å². The molecule has 334 valence electrons. The minimum atomic E-state index is -3.62. The van der Waals surface area contributed by atoms with Crippen molar-refractivity contribution in [3.05, 3.63) is 117 Å². The molecule has 12 nitrogen and oxygen atoms in total. The maximum Gasteiger partial charge on any atom is 0.323 e. The van der Waals surface area contributed by atoms with Crippen molar-refractivity contribution in [1.82, 2.24) is 29.5 Å². The van der Waals surface area contributed by atoms with Crippen LogP contribution in [0.25, 0.3) is 22.8 Å². The largest absolute Gasteiger partial charge is 0.508 e. The molecule has 0 unspecified atom stereocenters. The number of phenolic OH excluding ortho intramolecular Hbond substituents is 1. The zero-order valence-corrected chi connectivity index (χ0v) is 41.2. The summed E-state index contributed by atoms with van der Waals surface area (Å²) in [6.07, 6.45) is 1.04. The Morgan fingerprint density at radius 2 is 1.08 bits per heavy atom. The number of aromatic nitrogens is 6. The molecule has 0 aliphatic carbocycles. The highest BCUT2D eigenvalue weighted by atomic mass is 79.9. The van der Waals surface area contributed by atoms with Gasteiger partial charge in [0.25, 0.3) is 0 Å². The van der Waals surface area contributed by atoms with Gasteiger partial charge in [0.15, 0.2) is 11.6 Å². The van der Waals surface area contributed by atoms with Gasteiger partial charge in [0.05, 0.1) is 11.1 Å². The number of sulfone groups is 1. The second kappa shape index (κ2) is 22.4. The molecule has 0 fully saturated rings. The second-order valence-corrected chi connectivity index (χ2v) is 31.2. The van der Waals surface area contributed by atoms with Crippen LogP contribution >= 0.6 is 31.9 Å². The Kier molecular flexibility index (Phi) is 18.2. The van der Waals surface area contributed by atoms with E-state index >= 15 is 0 Å². The van der Waals surface area contributed by atoms with Gasteiger partial charge in [-0.15, -0.1) is 10.2 Å². The summed E-state index contributed by atoms with van der Waals surface area (Å²) in [4.78, 5) is 8.33. The lowest BCUT2D eigenvalue weighted by Crippen LogP contribution is -2.22. The second-order valence-electron chi connectivity index (χ2n) is 16.2. The Hall–Kier alpha value is -4.26. The van der Waals surface area contributed by atoms with E-state index in [0.717, 1.165) is 23.0 Å². The summed E-state index contributed by atoms with van der Waals surface area (Å²) in [7, 11) is -6.10. The van der Waals surface area contributed by atoms with Crippen LogP contribution in [-0.4, -0.2) is 78.7 Å². The first kappa shape index (κ1) is 50.4. The number of hydrogen-bond acceptors (Lipinski definition) is 10. The number of hydrogen-bond donors (Lipinski definition) is 1. The fraction of sp³-hybridized carbons (Fsp3) is 0.317. The SMILES string of the molecule is C[Si](C)(C)CCOCn1nc(-c2ccc(Br)cc2F)nc1Oc1ccc(F)cc1.C[Si](C)(C)CCOCn1nc(-c2ccc(Br)cc2F)nc1S(C)(=O)=O.Oc1ccc(F)cc1. The van der Waals surface area contributed by atoms with Crippen LogP contribution < -0.4 is 4.74 Å². The lowest BCUT2D eigenvalue weighted by Gasteiger charge is -2.15. The van der Waals surface area contributed by atoms with Gasteiger partial charge in [-0.05, 0) is 97.0 Å². The third kappa shape index (κ3) is 16.8. The molecule has 0 saturated heterocycles. The summed E-state index contributed by atoms with van der Waals surface area (Å²) in [6, 6.07) is 21.7. The van der Waals surface area contributed by atoms with E-state index in [9.17, 15) is 26.0 Å². The van der Waals surface area contributed by atoms with E-state index in [4.69, 9.17) is 19.3 Å². The molecule has 6 rings (SSSR count). The molecule has 2 aromatic heterocycles. The molecule has 62 heavy (non-hydrogen) atoms. The molecule has 0 saturated carbocycles. The smallest absolute Gasteiger partial charge is 0.323 e.